The van der Waals surface area contributed by atoms with Crippen LogP contribution in [0.1, 0.15) is 17.7 Å². The van der Waals surface area contributed by atoms with E-state index in [4.69, 9.17) is 5.73 Å². The van der Waals surface area contributed by atoms with Crippen molar-refractivity contribution >= 4 is 23.1 Å². The Kier molecular flexibility index (Phi) is 4.30. The Labute approximate surface area is 106 Å². The molecule has 0 aliphatic carbocycles. The summed E-state index contributed by atoms with van der Waals surface area (Å²) in [6, 6.07) is 4.33. The van der Waals surface area contributed by atoms with Gasteiger partial charge in [0.2, 0.25) is 0 Å². The fraction of sp³-hybridized carbons (Fsp3) is 0.667. The van der Waals surface area contributed by atoms with E-state index in [1.807, 2.05) is 23.1 Å². The minimum atomic E-state index is 0.229. The molecule has 0 saturated carbocycles. The number of likely N-dealkylation sites (N-methyl/N-ethyl adjacent to an activating group) is 1. The van der Waals surface area contributed by atoms with Crippen LogP contribution < -0.4 is 5.73 Å². The van der Waals surface area contributed by atoms with Gasteiger partial charge in [-0.15, -0.1) is 11.3 Å². The monoisotopic (exact) mass is 256 g/mol. The minimum Gasteiger partial charge on any atom is -0.329 e. The molecule has 16 heavy (non-hydrogen) atoms. The number of hydrogen-bond acceptors (Lipinski definition) is 4. The van der Waals surface area contributed by atoms with Crippen LogP contribution in [0.3, 0.4) is 0 Å². The third-order valence-corrected chi connectivity index (χ3v) is 5.64. The van der Waals surface area contributed by atoms with E-state index in [-0.39, 0.29) is 5.54 Å². The third-order valence-electron chi connectivity index (χ3n) is 3.46. The van der Waals surface area contributed by atoms with Crippen LogP contribution in [0.25, 0.3) is 0 Å². The Hall–Kier alpha value is -0.0300. The lowest BCUT2D eigenvalue weighted by molar-refractivity contribution is 0.128. The summed E-state index contributed by atoms with van der Waals surface area (Å²) in [5.74, 6) is 2.49. The van der Waals surface area contributed by atoms with Gasteiger partial charge in [0.15, 0.2) is 0 Å². The maximum absolute atomic E-state index is 6.02. The second-order valence-corrected chi connectivity index (χ2v) is 6.66. The molecule has 0 bridgehead atoms. The zero-order valence-electron chi connectivity index (χ0n) is 9.82. The SMILES string of the molecule is CN(Cc1cccs1)C1(CN)CCCSC1. The van der Waals surface area contributed by atoms with Crippen molar-refractivity contribution in [2.24, 2.45) is 5.73 Å². The highest BCUT2D eigenvalue weighted by atomic mass is 32.2. The molecular weight excluding hydrogens is 236 g/mol. The fourth-order valence-electron chi connectivity index (χ4n) is 2.26. The molecular formula is C12H20N2S2. The molecule has 1 saturated heterocycles. The maximum Gasteiger partial charge on any atom is 0.0423 e. The number of thiophene rings is 1. The van der Waals surface area contributed by atoms with Crippen LogP contribution in [0.2, 0.25) is 0 Å². The number of nitrogens with two attached hydrogens (primary N) is 1. The Morgan fingerprint density at radius 3 is 3.00 bits per heavy atom. The highest BCUT2D eigenvalue weighted by Crippen LogP contribution is 2.31. The lowest BCUT2D eigenvalue weighted by Crippen LogP contribution is -2.55. The molecule has 0 spiro atoms. The number of nitrogens with zero attached hydrogens (tertiary/aromatic N) is 1. The van der Waals surface area contributed by atoms with E-state index in [0.717, 1.165) is 13.1 Å². The van der Waals surface area contributed by atoms with Gasteiger partial charge in [-0.05, 0) is 37.1 Å². The lowest BCUT2D eigenvalue weighted by atomic mass is 9.93. The molecule has 1 aromatic rings. The van der Waals surface area contributed by atoms with Crippen LogP contribution in [-0.2, 0) is 6.54 Å². The molecule has 2 rings (SSSR count). The van der Waals surface area contributed by atoms with Gasteiger partial charge in [-0.2, -0.15) is 11.8 Å². The zero-order valence-corrected chi connectivity index (χ0v) is 11.4. The van der Waals surface area contributed by atoms with Gasteiger partial charge in [-0.1, -0.05) is 6.07 Å². The van der Waals surface area contributed by atoms with Crippen molar-refractivity contribution in [3.8, 4) is 0 Å². The minimum absolute atomic E-state index is 0.229. The summed E-state index contributed by atoms with van der Waals surface area (Å²) in [5.41, 5.74) is 6.25. The van der Waals surface area contributed by atoms with Crippen molar-refractivity contribution in [1.82, 2.24) is 4.90 Å². The fourth-order valence-corrected chi connectivity index (χ4v) is 4.37. The molecule has 1 aliphatic rings. The number of hydrogen-bond donors (Lipinski definition) is 1. The normalized spacial score (nSPS) is 26.2. The van der Waals surface area contributed by atoms with E-state index < -0.39 is 0 Å². The smallest absolute Gasteiger partial charge is 0.0423 e. The van der Waals surface area contributed by atoms with Crippen molar-refractivity contribution in [3.63, 3.8) is 0 Å². The summed E-state index contributed by atoms with van der Waals surface area (Å²) in [7, 11) is 2.22. The Bertz CT molecular complexity index is 305. The van der Waals surface area contributed by atoms with E-state index in [9.17, 15) is 0 Å². The molecule has 1 aromatic heterocycles. The van der Waals surface area contributed by atoms with Crippen LogP contribution >= 0.6 is 23.1 Å². The van der Waals surface area contributed by atoms with Crippen LogP contribution in [0.4, 0.5) is 0 Å². The van der Waals surface area contributed by atoms with Crippen LogP contribution in [0.15, 0.2) is 17.5 Å². The van der Waals surface area contributed by atoms with Crippen LogP contribution in [-0.4, -0.2) is 35.5 Å². The van der Waals surface area contributed by atoms with Gasteiger partial charge in [-0.3, -0.25) is 4.90 Å². The third kappa shape index (κ3) is 2.62. The van der Waals surface area contributed by atoms with Crippen molar-refractivity contribution in [2.45, 2.75) is 24.9 Å². The summed E-state index contributed by atoms with van der Waals surface area (Å²) in [4.78, 5) is 3.90. The molecule has 1 atom stereocenters. The van der Waals surface area contributed by atoms with Gasteiger partial charge in [-0.25, -0.2) is 0 Å². The first-order valence-electron chi connectivity index (χ1n) is 5.78. The second kappa shape index (κ2) is 5.54. The Morgan fingerprint density at radius 1 is 1.56 bits per heavy atom. The molecule has 2 nitrogen and oxygen atoms in total. The van der Waals surface area contributed by atoms with Gasteiger partial charge in [0.25, 0.3) is 0 Å². The maximum atomic E-state index is 6.02. The van der Waals surface area contributed by atoms with Gasteiger partial charge in [0.1, 0.15) is 0 Å². The average molecular weight is 256 g/mol. The first-order chi connectivity index (χ1) is 7.77. The largest absolute Gasteiger partial charge is 0.329 e. The molecule has 0 aromatic carbocycles. The molecule has 0 radical (unpaired) electrons. The topological polar surface area (TPSA) is 29.3 Å². The van der Waals surface area contributed by atoms with E-state index in [1.54, 1.807) is 0 Å². The van der Waals surface area contributed by atoms with Gasteiger partial charge in [0, 0.05) is 29.3 Å². The second-order valence-electron chi connectivity index (χ2n) is 4.52. The molecule has 1 aliphatic heterocycles. The quantitative estimate of drug-likeness (QED) is 0.897. The van der Waals surface area contributed by atoms with E-state index in [1.165, 1.54) is 29.2 Å². The van der Waals surface area contributed by atoms with Crippen molar-refractivity contribution in [1.29, 1.82) is 0 Å². The predicted octanol–water partition coefficient (Wildman–Crippen LogP) is 2.40. The highest BCUT2D eigenvalue weighted by Gasteiger charge is 2.35. The summed E-state index contributed by atoms with van der Waals surface area (Å²) < 4.78 is 0. The van der Waals surface area contributed by atoms with E-state index in [0.29, 0.717) is 0 Å². The standard InChI is InChI=1S/C12H20N2S2/c1-14(8-11-4-2-7-16-11)12(9-13)5-3-6-15-10-12/h2,4,7H,3,5-6,8-10,13H2,1H3. The van der Waals surface area contributed by atoms with Gasteiger partial charge in [0.05, 0.1) is 0 Å². The van der Waals surface area contributed by atoms with Gasteiger partial charge >= 0.3 is 0 Å². The molecule has 1 fully saturated rings. The summed E-state index contributed by atoms with van der Waals surface area (Å²) in [6.07, 6.45) is 2.55. The highest BCUT2D eigenvalue weighted by molar-refractivity contribution is 7.99. The molecule has 90 valence electrons. The van der Waals surface area contributed by atoms with Crippen LogP contribution in [0, 0.1) is 0 Å². The van der Waals surface area contributed by atoms with E-state index in [2.05, 4.69) is 29.5 Å². The predicted molar refractivity (Wildman–Crippen MR) is 74.1 cm³/mol. The number of thioether (sulfide) groups is 1. The lowest BCUT2D eigenvalue weighted by Gasteiger charge is -2.43. The van der Waals surface area contributed by atoms with Gasteiger partial charge < -0.3 is 5.73 Å². The molecule has 1 unspecified atom stereocenters. The average Bonchev–Trinajstić information content (AvgIpc) is 2.82. The molecule has 4 heteroatoms. The summed E-state index contributed by atoms with van der Waals surface area (Å²) in [5, 5.41) is 2.15. The molecule has 2 heterocycles. The van der Waals surface area contributed by atoms with Crippen molar-refractivity contribution < 1.29 is 0 Å². The molecule has 0 amide bonds. The van der Waals surface area contributed by atoms with Crippen molar-refractivity contribution in [3.05, 3.63) is 22.4 Å². The summed E-state index contributed by atoms with van der Waals surface area (Å²) >= 11 is 3.88. The first kappa shape index (κ1) is 12.4. The molecule has 2 N–H and O–H groups in total. The van der Waals surface area contributed by atoms with E-state index >= 15 is 0 Å². The van der Waals surface area contributed by atoms with Crippen molar-refractivity contribution in [2.75, 3.05) is 25.1 Å². The zero-order chi connectivity index (χ0) is 11.4. The van der Waals surface area contributed by atoms with Crippen LogP contribution in [0.5, 0.6) is 0 Å². The first-order valence-corrected chi connectivity index (χ1v) is 7.82. The summed E-state index contributed by atoms with van der Waals surface area (Å²) in [6.45, 7) is 1.82. The Morgan fingerprint density at radius 2 is 2.44 bits per heavy atom. The number of rotatable bonds is 4. The Balaban J connectivity index is 2.02.